The monoisotopic (exact) mass is 286 g/mol. The molecule has 0 aliphatic rings. The van der Waals surface area contributed by atoms with Gasteiger partial charge in [-0.25, -0.2) is 9.37 Å². The Morgan fingerprint density at radius 1 is 1.19 bits per heavy atom. The van der Waals surface area contributed by atoms with Gasteiger partial charge >= 0.3 is 0 Å². The Morgan fingerprint density at radius 2 is 2.05 bits per heavy atom. The van der Waals surface area contributed by atoms with E-state index in [9.17, 15) is 9.18 Å². The number of hydrogen-bond acceptors (Lipinski definition) is 4. The third-order valence-electron chi connectivity index (χ3n) is 2.92. The summed E-state index contributed by atoms with van der Waals surface area (Å²) in [6.45, 7) is 0.0654. The maximum absolute atomic E-state index is 13.5. The van der Waals surface area contributed by atoms with E-state index < -0.39 is 5.91 Å². The lowest BCUT2D eigenvalue weighted by Crippen LogP contribution is -2.24. The first-order valence-electron chi connectivity index (χ1n) is 6.24. The predicted molar refractivity (Wildman–Crippen MR) is 71.8 cm³/mol. The van der Waals surface area contributed by atoms with E-state index in [0.717, 1.165) is 6.39 Å². The fourth-order valence-electron chi connectivity index (χ4n) is 1.89. The third kappa shape index (κ3) is 2.69. The molecule has 3 aromatic rings. The molecule has 0 aliphatic heterocycles. The van der Waals surface area contributed by atoms with Crippen LogP contribution in [0.25, 0.3) is 11.5 Å². The Balaban J connectivity index is 1.75. The Bertz CT molecular complexity index is 750. The van der Waals surface area contributed by atoms with E-state index in [0.29, 0.717) is 11.3 Å². The van der Waals surface area contributed by atoms with Gasteiger partial charge in [-0.15, -0.1) is 0 Å². The van der Waals surface area contributed by atoms with Gasteiger partial charge in [-0.3, -0.25) is 4.79 Å². The summed E-state index contributed by atoms with van der Waals surface area (Å²) >= 11 is 0. The minimum absolute atomic E-state index is 0.0654. The van der Waals surface area contributed by atoms with Gasteiger partial charge in [0.05, 0.1) is 6.26 Å². The van der Waals surface area contributed by atoms with Crippen molar-refractivity contribution < 1.29 is 18.0 Å². The summed E-state index contributed by atoms with van der Waals surface area (Å²) in [5, 5.41) is 2.60. The molecule has 3 rings (SSSR count). The molecule has 1 amide bonds. The first-order chi connectivity index (χ1) is 10.3. The summed E-state index contributed by atoms with van der Waals surface area (Å²) in [6.07, 6.45) is 2.63. The molecular weight excluding hydrogens is 275 g/mol. The molecule has 0 atom stereocenters. The molecule has 1 N–H and O–H groups in total. The first kappa shape index (κ1) is 13.1. The van der Waals surface area contributed by atoms with Crippen LogP contribution in [-0.4, -0.2) is 10.9 Å². The fourth-order valence-corrected chi connectivity index (χ4v) is 1.89. The van der Waals surface area contributed by atoms with Gasteiger partial charge in [0, 0.05) is 12.1 Å². The highest BCUT2D eigenvalue weighted by atomic mass is 19.1. The number of oxazole rings is 1. The van der Waals surface area contributed by atoms with Crippen LogP contribution in [0.4, 0.5) is 4.39 Å². The number of carbonyl (C=O) groups is 1. The van der Waals surface area contributed by atoms with E-state index in [1.165, 1.54) is 12.3 Å². The second-order valence-electron chi connectivity index (χ2n) is 4.28. The van der Waals surface area contributed by atoms with Crippen LogP contribution in [0.5, 0.6) is 0 Å². The molecular formula is C15H11FN2O3. The van der Waals surface area contributed by atoms with Gasteiger partial charge in [-0.05, 0) is 18.2 Å². The van der Waals surface area contributed by atoms with E-state index in [-0.39, 0.29) is 23.8 Å². The van der Waals surface area contributed by atoms with E-state index >= 15 is 0 Å². The average molecular weight is 286 g/mol. The fraction of sp³-hybridized carbons (Fsp3) is 0.0667. The van der Waals surface area contributed by atoms with Gasteiger partial charge in [0.25, 0.3) is 5.91 Å². The van der Waals surface area contributed by atoms with Crippen LogP contribution in [0.2, 0.25) is 0 Å². The van der Waals surface area contributed by atoms with Crippen molar-refractivity contribution >= 4 is 5.91 Å². The number of carbonyl (C=O) groups excluding carboxylic acids is 1. The molecule has 2 aromatic heterocycles. The largest absolute Gasteiger partial charge is 0.461 e. The number of nitrogens with zero attached hydrogens (tertiary/aromatic N) is 1. The highest BCUT2D eigenvalue weighted by molar-refractivity contribution is 5.97. The highest BCUT2D eigenvalue weighted by Gasteiger charge is 2.20. The minimum atomic E-state index is -0.460. The van der Waals surface area contributed by atoms with E-state index in [1.807, 2.05) is 0 Å². The van der Waals surface area contributed by atoms with E-state index in [1.54, 1.807) is 30.3 Å². The van der Waals surface area contributed by atoms with Gasteiger partial charge < -0.3 is 14.2 Å². The van der Waals surface area contributed by atoms with Crippen molar-refractivity contribution in [1.82, 2.24) is 10.3 Å². The number of rotatable bonds is 4. The zero-order valence-electron chi connectivity index (χ0n) is 10.9. The van der Waals surface area contributed by atoms with Gasteiger partial charge in [-0.2, -0.15) is 0 Å². The number of halogens is 1. The van der Waals surface area contributed by atoms with Crippen LogP contribution in [0.15, 0.2) is 57.9 Å². The normalized spacial score (nSPS) is 10.5. The van der Waals surface area contributed by atoms with Crippen molar-refractivity contribution in [3.8, 4) is 11.5 Å². The maximum Gasteiger partial charge on any atom is 0.274 e. The second kappa shape index (κ2) is 5.62. The first-order valence-corrected chi connectivity index (χ1v) is 6.24. The van der Waals surface area contributed by atoms with Crippen LogP contribution in [0, 0.1) is 5.82 Å². The van der Waals surface area contributed by atoms with Crippen molar-refractivity contribution in [3.63, 3.8) is 0 Å². The molecule has 0 aliphatic carbocycles. The van der Waals surface area contributed by atoms with Crippen molar-refractivity contribution in [1.29, 1.82) is 0 Å². The van der Waals surface area contributed by atoms with Crippen LogP contribution in [0.3, 0.4) is 0 Å². The van der Waals surface area contributed by atoms with Crippen molar-refractivity contribution in [2.75, 3.05) is 0 Å². The Morgan fingerprint density at radius 3 is 2.81 bits per heavy atom. The number of hydrogen-bond donors (Lipinski definition) is 1. The molecule has 1 aromatic carbocycles. The quantitative estimate of drug-likeness (QED) is 0.800. The van der Waals surface area contributed by atoms with Gasteiger partial charge in [-0.1, -0.05) is 18.2 Å². The number of aromatic nitrogens is 1. The van der Waals surface area contributed by atoms with Crippen molar-refractivity contribution in [3.05, 3.63) is 66.1 Å². The SMILES string of the molecule is O=C(NCc1ccccc1F)c1ncoc1-c1ccco1. The molecule has 0 saturated heterocycles. The summed E-state index contributed by atoms with van der Waals surface area (Å²) in [5.41, 5.74) is 0.496. The van der Waals surface area contributed by atoms with Crippen molar-refractivity contribution in [2.24, 2.45) is 0 Å². The molecule has 0 spiro atoms. The van der Waals surface area contributed by atoms with E-state index in [2.05, 4.69) is 10.3 Å². The summed E-state index contributed by atoms with van der Waals surface area (Å²) < 4.78 is 23.8. The zero-order chi connectivity index (χ0) is 14.7. The highest BCUT2D eigenvalue weighted by Crippen LogP contribution is 2.23. The predicted octanol–water partition coefficient (Wildman–Crippen LogP) is 3.00. The topological polar surface area (TPSA) is 68.3 Å². The van der Waals surface area contributed by atoms with Crippen molar-refractivity contribution in [2.45, 2.75) is 6.54 Å². The Hall–Kier alpha value is -2.89. The molecule has 106 valence electrons. The molecule has 2 heterocycles. The van der Waals surface area contributed by atoms with Crippen LogP contribution >= 0.6 is 0 Å². The molecule has 5 nitrogen and oxygen atoms in total. The van der Waals surface area contributed by atoms with Crippen LogP contribution in [-0.2, 0) is 6.54 Å². The smallest absolute Gasteiger partial charge is 0.274 e. The number of furan rings is 1. The summed E-state index contributed by atoms with van der Waals surface area (Å²) in [5.74, 6) is -0.183. The molecule has 0 unspecified atom stereocenters. The van der Waals surface area contributed by atoms with Gasteiger partial charge in [0.2, 0.25) is 5.76 Å². The maximum atomic E-state index is 13.5. The third-order valence-corrected chi connectivity index (χ3v) is 2.92. The number of nitrogens with one attached hydrogen (secondary N) is 1. The molecule has 0 radical (unpaired) electrons. The van der Waals surface area contributed by atoms with Crippen LogP contribution < -0.4 is 5.32 Å². The summed E-state index contributed by atoms with van der Waals surface area (Å²) in [6, 6.07) is 9.58. The molecule has 6 heteroatoms. The van der Waals surface area contributed by atoms with Gasteiger partial charge in [0.15, 0.2) is 17.8 Å². The zero-order valence-corrected chi connectivity index (χ0v) is 10.9. The Kier molecular flexibility index (Phi) is 3.51. The average Bonchev–Trinajstić information content (AvgIpc) is 3.16. The van der Waals surface area contributed by atoms with Gasteiger partial charge in [0.1, 0.15) is 5.82 Å². The van der Waals surface area contributed by atoms with E-state index in [4.69, 9.17) is 8.83 Å². The summed E-state index contributed by atoms with van der Waals surface area (Å²) in [4.78, 5) is 16.0. The minimum Gasteiger partial charge on any atom is -0.461 e. The van der Waals surface area contributed by atoms with Crippen LogP contribution in [0.1, 0.15) is 16.1 Å². The Labute approximate surface area is 119 Å². The lowest BCUT2D eigenvalue weighted by molar-refractivity contribution is 0.0946. The number of amides is 1. The lowest BCUT2D eigenvalue weighted by Gasteiger charge is -2.05. The lowest BCUT2D eigenvalue weighted by atomic mass is 10.2. The summed E-state index contributed by atoms with van der Waals surface area (Å²) in [7, 11) is 0. The molecule has 0 saturated carbocycles. The second-order valence-corrected chi connectivity index (χ2v) is 4.28. The standard InChI is InChI=1S/C15H11FN2O3/c16-11-5-2-1-4-10(11)8-17-15(19)13-14(21-9-18-13)12-6-3-7-20-12/h1-7,9H,8H2,(H,17,19). The molecule has 0 fully saturated rings. The number of benzene rings is 1. The molecule has 21 heavy (non-hydrogen) atoms. The molecule has 0 bridgehead atoms.